The highest BCUT2D eigenvalue weighted by molar-refractivity contribution is 5.98. The van der Waals surface area contributed by atoms with Crippen molar-refractivity contribution in [3.63, 3.8) is 0 Å². The number of rotatable bonds is 9. The van der Waals surface area contributed by atoms with Crippen LogP contribution in [0.5, 0.6) is 5.75 Å². The van der Waals surface area contributed by atoms with Gasteiger partial charge in [0.15, 0.2) is 12.2 Å². The maximum absolute atomic E-state index is 12.0. The highest BCUT2D eigenvalue weighted by atomic mass is 16.7. The van der Waals surface area contributed by atoms with Crippen molar-refractivity contribution >= 4 is 46.0 Å². The Morgan fingerprint density at radius 1 is 0.775 bits per heavy atom. The standard InChI is InChI=1S/C24H24N2O14/c1-11(27)35-10-19-21(36-12(2)28)22(37-13(3)29)23(38-14(4)30)24(39-19)40-20-16-8-6-5-7-15(16)17(25(31)32)9-18(20)26(33)34/h5-9,19,21-24H,10H2,1-4H3/t19-,21-,22-,23-,24-/m0/s1. The maximum Gasteiger partial charge on any atom is 0.318 e. The minimum atomic E-state index is -1.79. The summed E-state index contributed by atoms with van der Waals surface area (Å²) in [5.74, 6) is -3.89. The number of non-ortho nitro benzene ring substituents is 1. The fourth-order valence-corrected chi connectivity index (χ4v) is 4.13. The largest absolute Gasteiger partial charge is 0.463 e. The number of fused-ring (bicyclic) bond motifs is 1. The molecule has 1 fully saturated rings. The molecule has 0 radical (unpaired) electrons. The summed E-state index contributed by atoms with van der Waals surface area (Å²) in [5, 5.41) is 23.5. The van der Waals surface area contributed by atoms with Crippen molar-refractivity contribution in [3.05, 3.63) is 50.6 Å². The topological polar surface area (TPSA) is 210 Å². The molecule has 0 aliphatic carbocycles. The molecule has 0 aromatic heterocycles. The van der Waals surface area contributed by atoms with Crippen LogP contribution in [0, 0.1) is 20.2 Å². The molecule has 16 heteroatoms. The van der Waals surface area contributed by atoms with Crippen molar-refractivity contribution < 1.29 is 57.4 Å². The van der Waals surface area contributed by atoms with E-state index in [1.807, 2.05) is 0 Å². The fourth-order valence-electron chi connectivity index (χ4n) is 4.13. The number of esters is 4. The Hall–Kier alpha value is -4.86. The van der Waals surface area contributed by atoms with Crippen molar-refractivity contribution in [2.45, 2.75) is 58.4 Å². The lowest BCUT2D eigenvalue weighted by atomic mass is 9.98. The van der Waals surface area contributed by atoms with Crippen LogP contribution in [0.25, 0.3) is 10.8 Å². The lowest BCUT2D eigenvalue weighted by Gasteiger charge is -2.43. The number of carbonyl (C=O) groups is 4. The van der Waals surface area contributed by atoms with Gasteiger partial charge in [-0.15, -0.1) is 0 Å². The molecule has 1 saturated heterocycles. The first-order valence-electron chi connectivity index (χ1n) is 11.6. The fraction of sp³-hybridized carbons (Fsp3) is 0.417. The van der Waals surface area contributed by atoms with Gasteiger partial charge in [0.2, 0.25) is 18.1 Å². The van der Waals surface area contributed by atoms with Crippen molar-refractivity contribution in [2.24, 2.45) is 0 Å². The van der Waals surface area contributed by atoms with Gasteiger partial charge in [0.25, 0.3) is 5.69 Å². The number of nitro groups is 2. The van der Waals surface area contributed by atoms with E-state index in [0.717, 1.165) is 27.7 Å². The number of hydrogen-bond donors (Lipinski definition) is 0. The molecule has 1 aliphatic heterocycles. The van der Waals surface area contributed by atoms with Gasteiger partial charge in [-0.2, -0.15) is 0 Å². The summed E-state index contributed by atoms with van der Waals surface area (Å²) in [6.45, 7) is 3.62. The van der Waals surface area contributed by atoms with Gasteiger partial charge >= 0.3 is 29.6 Å². The predicted molar refractivity (Wildman–Crippen MR) is 130 cm³/mol. The molecule has 2 aromatic carbocycles. The molecule has 5 atom stereocenters. The zero-order valence-corrected chi connectivity index (χ0v) is 21.6. The summed E-state index contributed by atoms with van der Waals surface area (Å²) in [6, 6.07) is 6.30. The second-order valence-electron chi connectivity index (χ2n) is 8.49. The van der Waals surface area contributed by atoms with Gasteiger partial charge < -0.3 is 28.4 Å². The second kappa shape index (κ2) is 12.3. The SMILES string of the molecule is CC(=O)OC[C@@H]1O[C@@H](Oc2c([N+](=O)[O-])cc([N+](=O)[O-])c3ccccc23)[C@@H](OC(C)=O)[C@@H](OC(C)=O)[C@H]1OC(C)=O. The summed E-state index contributed by atoms with van der Waals surface area (Å²) < 4.78 is 32.6. The van der Waals surface area contributed by atoms with Gasteiger partial charge in [0.1, 0.15) is 12.7 Å². The van der Waals surface area contributed by atoms with Crippen LogP contribution >= 0.6 is 0 Å². The van der Waals surface area contributed by atoms with Crippen LogP contribution < -0.4 is 4.74 Å². The van der Waals surface area contributed by atoms with Crippen molar-refractivity contribution in [3.8, 4) is 5.75 Å². The molecule has 1 heterocycles. The van der Waals surface area contributed by atoms with Crippen LogP contribution in [0.2, 0.25) is 0 Å². The normalized spacial score (nSPS) is 22.1. The van der Waals surface area contributed by atoms with Crippen LogP contribution in [0.15, 0.2) is 30.3 Å². The van der Waals surface area contributed by atoms with Gasteiger partial charge in [0, 0.05) is 33.1 Å². The lowest BCUT2D eigenvalue weighted by molar-refractivity contribution is -0.394. The Morgan fingerprint density at radius 2 is 1.30 bits per heavy atom. The van der Waals surface area contributed by atoms with Gasteiger partial charge in [-0.3, -0.25) is 39.4 Å². The van der Waals surface area contributed by atoms with Crippen LogP contribution in [0.4, 0.5) is 11.4 Å². The maximum atomic E-state index is 12.0. The highest BCUT2D eigenvalue weighted by Crippen LogP contribution is 2.43. The number of benzene rings is 2. The summed E-state index contributed by atoms with van der Waals surface area (Å²) in [4.78, 5) is 69.3. The second-order valence-corrected chi connectivity index (χ2v) is 8.49. The Bertz CT molecular complexity index is 1360. The van der Waals surface area contributed by atoms with Gasteiger partial charge in [-0.25, -0.2) is 0 Å². The first-order valence-corrected chi connectivity index (χ1v) is 11.6. The van der Waals surface area contributed by atoms with Crippen LogP contribution in [-0.2, 0) is 42.9 Å². The van der Waals surface area contributed by atoms with E-state index in [0.29, 0.717) is 6.07 Å². The molecule has 0 unspecified atom stereocenters. The van der Waals surface area contributed by atoms with Crippen LogP contribution in [-0.4, -0.2) is 71.0 Å². The van der Waals surface area contributed by atoms with E-state index in [-0.39, 0.29) is 10.8 Å². The molecule has 16 nitrogen and oxygen atoms in total. The molecule has 3 rings (SSSR count). The van der Waals surface area contributed by atoms with E-state index in [4.69, 9.17) is 28.4 Å². The minimum Gasteiger partial charge on any atom is -0.463 e. The molecule has 1 aliphatic rings. The molecule has 40 heavy (non-hydrogen) atoms. The Kier molecular flexibility index (Phi) is 9.15. The monoisotopic (exact) mass is 564 g/mol. The third-order valence-electron chi connectivity index (χ3n) is 5.53. The predicted octanol–water partition coefficient (Wildman–Crippen LogP) is 2.12. The third-order valence-corrected chi connectivity index (χ3v) is 5.53. The molecule has 0 spiro atoms. The Balaban J connectivity index is 2.21. The van der Waals surface area contributed by atoms with Gasteiger partial charge in [-0.1, -0.05) is 18.2 Å². The quantitative estimate of drug-likeness (QED) is 0.185. The third kappa shape index (κ3) is 6.76. The lowest BCUT2D eigenvalue weighted by Crippen LogP contribution is -2.63. The molecule has 214 valence electrons. The van der Waals surface area contributed by atoms with E-state index in [1.54, 1.807) is 0 Å². The van der Waals surface area contributed by atoms with E-state index >= 15 is 0 Å². The molecule has 2 aromatic rings. The molecule has 0 saturated carbocycles. The first-order chi connectivity index (χ1) is 18.8. The average molecular weight is 564 g/mol. The number of carbonyl (C=O) groups excluding carboxylic acids is 4. The van der Waals surface area contributed by atoms with E-state index in [1.165, 1.54) is 24.3 Å². The molecule has 0 N–H and O–H groups in total. The zero-order valence-electron chi connectivity index (χ0n) is 21.6. The molecular weight excluding hydrogens is 540 g/mol. The Labute approximate surface area is 225 Å². The minimum absolute atomic E-state index is 0.0151. The van der Waals surface area contributed by atoms with Gasteiger partial charge in [-0.05, 0) is 6.07 Å². The smallest absolute Gasteiger partial charge is 0.318 e. The zero-order chi connectivity index (χ0) is 29.7. The number of nitro benzene ring substituents is 2. The number of ether oxygens (including phenoxy) is 6. The summed E-state index contributed by atoms with van der Waals surface area (Å²) in [6.07, 6.45) is -7.91. The highest BCUT2D eigenvalue weighted by Gasteiger charge is 2.54. The van der Waals surface area contributed by atoms with Crippen molar-refractivity contribution in [1.29, 1.82) is 0 Å². The summed E-state index contributed by atoms with van der Waals surface area (Å²) >= 11 is 0. The Morgan fingerprint density at radius 3 is 1.82 bits per heavy atom. The van der Waals surface area contributed by atoms with E-state index in [9.17, 15) is 39.4 Å². The molecule has 0 bridgehead atoms. The van der Waals surface area contributed by atoms with Crippen LogP contribution in [0.1, 0.15) is 27.7 Å². The molecule has 0 amide bonds. The summed E-state index contributed by atoms with van der Waals surface area (Å²) in [7, 11) is 0. The van der Waals surface area contributed by atoms with Gasteiger partial charge in [0.05, 0.1) is 21.3 Å². The number of hydrogen-bond acceptors (Lipinski definition) is 14. The van der Waals surface area contributed by atoms with Crippen LogP contribution in [0.3, 0.4) is 0 Å². The van der Waals surface area contributed by atoms with E-state index < -0.39 is 88.2 Å². The van der Waals surface area contributed by atoms with Crippen molar-refractivity contribution in [2.75, 3.05) is 6.61 Å². The molecular formula is C24H24N2O14. The average Bonchev–Trinajstić information content (AvgIpc) is 2.85. The number of nitrogens with zero attached hydrogens (tertiary/aromatic N) is 2. The first kappa shape index (κ1) is 29.7. The summed E-state index contributed by atoms with van der Waals surface area (Å²) in [5.41, 5.74) is -1.39. The van der Waals surface area contributed by atoms with E-state index in [2.05, 4.69) is 0 Å². The van der Waals surface area contributed by atoms with Crippen molar-refractivity contribution in [1.82, 2.24) is 0 Å².